The van der Waals surface area contributed by atoms with Gasteiger partial charge in [0, 0.05) is 16.5 Å². The lowest BCUT2D eigenvalue weighted by molar-refractivity contribution is -0.226. The summed E-state index contributed by atoms with van der Waals surface area (Å²) < 4.78 is 16.8. The second-order valence-electron chi connectivity index (χ2n) is 6.82. The van der Waals surface area contributed by atoms with Crippen LogP contribution < -0.4 is 4.74 Å². The summed E-state index contributed by atoms with van der Waals surface area (Å²) in [5.74, 6) is -0.0403. The van der Waals surface area contributed by atoms with Crippen LogP contribution in [-0.4, -0.2) is 25.5 Å². The molecule has 1 heterocycles. The lowest BCUT2D eigenvalue weighted by Gasteiger charge is -2.34. The Balaban J connectivity index is 1.62. The predicted molar refractivity (Wildman–Crippen MR) is 91.7 cm³/mol. The molecular weight excluding hydrogens is 320 g/mol. The minimum atomic E-state index is -0.475. The van der Waals surface area contributed by atoms with Crippen LogP contribution in [0.1, 0.15) is 46.4 Å². The lowest BCUT2D eigenvalue weighted by atomic mass is 9.95. The molecule has 5 nitrogen and oxygen atoms in total. The molecule has 25 heavy (non-hydrogen) atoms. The first-order valence-corrected chi connectivity index (χ1v) is 8.07. The van der Waals surface area contributed by atoms with Gasteiger partial charge in [0.2, 0.25) is 0 Å². The summed E-state index contributed by atoms with van der Waals surface area (Å²) in [6, 6.07) is 13.3. The highest BCUT2D eigenvalue weighted by Crippen LogP contribution is 2.31. The normalized spacial score (nSPS) is 17.0. The SMILES string of the molecule is CC1(C)COC(c2ccc(OC(=O)c3ccc(C=O)cc3)cc2)OC1. The number of hydrogen-bond acceptors (Lipinski definition) is 5. The van der Waals surface area contributed by atoms with Crippen LogP contribution in [0.15, 0.2) is 48.5 Å². The van der Waals surface area contributed by atoms with Gasteiger partial charge in [-0.05, 0) is 24.3 Å². The largest absolute Gasteiger partial charge is 0.423 e. The van der Waals surface area contributed by atoms with Crippen LogP contribution in [0.5, 0.6) is 5.75 Å². The van der Waals surface area contributed by atoms with Crippen LogP contribution in [-0.2, 0) is 9.47 Å². The Kier molecular flexibility index (Phi) is 4.97. The van der Waals surface area contributed by atoms with E-state index in [4.69, 9.17) is 14.2 Å². The van der Waals surface area contributed by atoms with Crippen LogP contribution in [0.25, 0.3) is 0 Å². The molecule has 0 bridgehead atoms. The number of ether oxygens (including phenoxy) is 3. The number of carbonyl (C=O) groups is 2. The summed E-state index contributed by atoms with van der Waals surface area (Å²) in [5, 5.41) is 0. The first kappa shape index (κ1) is 17.3. The van der Waals surface area contributed by atoms with Gasteiger partial charge in [0.05, 0.1) is 18.8 Å². The Morgan fingerprint density at radius 2 is 1.64 bits per heavy atom. The number of rotatable bonds is 4. The monoisotopic (exact) mass is 340 g/mol. The van der Waals surface area contributed by atoms with Gasteiger partial charge in [0.25, 0.3) is 0 Å². The van der Waals surface area contributed by atoms with Crippen molar-refractivity contribution in [2.45, 2.75) is 20.1 Å². The molecule has 1 fully saturated rings. The van der Waals surface area contributed by atoms with E-state index in [0.717, 1.165) is 11.8 Å². The van der Waals surface area contributed by atoms with Crippen LogP contribution >= 0.6 is 0 Å². The molecule has 1 aliphatic rings. The smallest absolute Gasteiger partial charge is 0.343 e. The second-order valence-corrected chi connectivity index (χ2v) is 6.82. The van der Waals surface area contributed by atoms with Gasteiger partial charge in [-0.2, -0.15) is 0 Å². The predicted octanol–water partition coefficient (Wildman–Crippen LogP) is 3.79. The molecule has 1 aliphatic heterocycles. The van der Waals surface area contributed by atoms with Crippen LogP contribution in [0.3, 0.4) is 0 Å². The molecule has 0 aromatic heterocycles. The molecule has 0 amide bonds. The highest BCUT2D eigenvalue weighted by atomic mass is 16.7. The number of benzene rings is 2. The van der Waals surface area contributed by atoms with Gasteiger partial charge in [-0.15, -0.1) is 0 Å². The molecule has 0 radical (unpaired) electrons. The fourth-order valence-corrected chi connectivity index (χ4v) is 2.44. The molecule has 0 N–H and O–H groups in total. The highest BCUT2D eigenvalue weighted by Gasteiger charge is 2.29. The maximum absolute atomic E-state index is 12.1. The average Bonchev–Trinajstić information content (AvgIpc) is 2.62. The van der Waals surface area contributed by atoms with E-state index in [0.29, 0.717) is 30.1 Å². The molecule has 0 saturated carbocycles. The molecule has 1 saturated heterocycles. The lowest BCUT2D eigenvalue weighted by Crippen LogP contribution is -2.33. The fourth-order valence-electron chi connectivity index (χ4n) is 2.44. The van der Waals surface area contributed by atoms with Crippen LogP contribution in [0.4, 0.5) is 0 Å². The first-order chi connectivity index (χ1) is 12.0. The Labute approximate surface area is 146 Å². The summed E-state index contributed by atoms with van der Waals surface area (Å²) in [5.41, 5.74) is 1.80. The molecule has 0 spiro atoms. The van der Waals surface area contributed by atoms with E-state index >= 15 is 0 Å². The maximum atomic E-state index is 12.1. The second kappa shape index (κ2) is 7.17. The van der Waals surface area contributed by atoms with E-state index in [1.54, 1.807) is 36.4 Å². The summed E-state index contributed by atoms with van der Waals surface area (Å²) in [6.07, 6.45) is 0.332. The molecule has 130 valence electrons. The van der Waals surface area contributed by atoms with Gasteiger partial charge in [-0.25, -0.2) is 4.79 Å². The Morgan fingerprint density at radius 1 is 1.04 bits per heavy atom. The van der Waals surface area contributed by atoms with E-state index in [1.165, 1.54) is 0 Å². The molecular formula is C20H20O5. The highest BCUT2D eigenvalue weighted by molar-refractivity contribution is 5.91. The van der Waals surface area contributed by atoms with Gasteiger partial charge in [-0.1, -0.05) is 38.1 Å². The number of hydrogen-bond donors (Lipinski definition) is 0. The van der Waals surface area contributed by atoms with Crippen molar-refractivity contribution in [3.8, 4) is 5.75 Å². The number of esters is 1. The third-order valence-electron chi connectivity index (χ3n) is 3.90. The summed E-state index contributed by atoms with van der Waals surface area (Å²) in [4.78, 5) is 22.8. The van der Waals surface area contributed by atoms with Crippen molar-refractivity contribution in [1.29, 1.82) is 0 Å². The molecule has 2 aromatic rings. The molecule has 0 unspecified atom stereocenters. The van der Waals surface area contributed by atoms with Crippen molar-refractivity contribution >= 4 is 12.3 Å². The van der Waals surface area contributed by atoms with Crippen molar-refractivity contribution in [3.63, 3.8) is 0 Å². The summed E-state index contributed by atoms with van der Waals surface area (Å²) in [7, 11) is 0. The number of aldehydes is 1. The van der Waals surface area contributed by atoms with E-state index in [1.807, 2.05) is 12.1 Å². The van der Waals surface area contributed by atoms with Crippen molar-refractivity contribution in [2.24, 2.45) is 5.41 Å². The van der Waals surface area contributed by atoms with Crippen molar-refractivity contribution in [2.75, 3.05) is 13.2 Å². The Bertz CT molecular complexity index is 737. The third-order valence-corrected chi connectivity index (χ3v) is 3.90. The van der Waals surface area contributed by atoms with Gasteiger partial charge in [0.15, 0.2) is 6.29 Å². The van der Waals surface area contributed by atoms with Gasteiger partial charge in [0.1, 0.15) is 12.0 Å². The van der Waals surface area contributed by atoms with E-state index in [9.17, 15) is 9.59 Å². The Morgan fingerprint density at radius 3 is 2.20 bits per heavy atom. The zero-order valence-electron chi connectivity index (χ0n) is 14.2. The molecule has 3 rings (SSSR count). The van der Waals surface area contributed by atoms with Gasteiger partial charge >= 0.3 is 5.97 Å². The van der Waals surface area contributed by atoms with Crippen molar-refractivity contribution in [3.05, 3.63) is 65.2 Å². The topological polar surface area (TPSA) is 61.8 Å². The zero-order valence-corrected chi connectivity index (χ0v) is 14.2. The van der Waals surface area contributed by atoms with E-state index < -0.39 is 12.3 Å². The standard InChI is InChI=1S/C20H20O5/c1-20(2)12-23-19(24-13-20)16-7-9-17(10-8-16)25-18(22)15-5-3-14(11-21)4-6-15/h3-11,19H,12-13H2,1-2H3. The molecule has 5 heteroatoms. The van der Waals surface area contributed by atoms with Gasteiger partial charge < -0.3 is 14.2 Å². The number of carbonyl (C=O) groups excluding carboxylic acids is 2. The van der Waals surface area contributed by atoms with Crippen LogP contribution in [0, 0.1) is 5.41 Å². The third kappa shape index (κ3) is 4.32. The average molecular weight is 340 g/mol. The zero-order chi connectivity index (χ0) is 17.9. The van der Waals surface area contributed by atoms with Crippen LogP contribution in [0.2, 0.25) is 0 Å². The molecule has 0 atom stereocenters. The van der Waals surface area contributed by atoms with Gasteiger partial charge in [-0.3, -0.25) is 4.79 Å². The molecule has 2 aromatic carbocycles. The van der Waals surface area contributed by atoms with E-state index in [-0.39, 0.29) is 5.41 Å². The molecule has 0 aliphatic carbocycles. The minimum absolute atomic E-state index is 0.0192. The fraction of sp³-hybridized carbons (Fsp3) is 0.300. The van der Waals surface area contributed by atoms with E-state index in [2.05, 4.69) is 13.8 Å². The first-order valence-electron chi connectivity index (χ1n) is 8.07. The Hall–Kier alpha value is -2.50. The summed E-state index contributed by atoms with van der Waals surface area (Å²) >= 11 is 0. The van der Waals surface area contributed by atoms with Crippen molar-refractivity contribution in [1.82, 2.24) is 0 Å². The van der Waals surface area contributed by atoms with Crippen molar-refractivity contribution < 1.29 is 23.8 Å². The minimum Gasteiger partial charge on any atom is -0.423 e. The summed E-state index contributed by atoms with van der Waals surface area (Å²) in [6.45, 7) is 5.44. The quantitative estimate of drug-likeness (QED) is 0.481. The maximum Gasteiger partial charge on any atom is 0.343 e.